The molecule has 1 heterocycles. The highest BCUT2D eigenvalue weighted by Crippen LogP contribution is 2.10. The molecule has 5 heteroatoms. The molecule has 0 radical (unpaired) electrons. The number of aliphatic hydroxyl groups excluding tert-OH is 1. The molecule has 0 aliphatic rings. The molecule has 0 amide bonds. The van der Waals surface area contributed by atoms with Gasteiger partial charge in [0.05, 0.1) is 23.4 Å². The number of aliphatic hydroxyl groups is 1. The fraction of sp³-hybridized carbons (Fsp3) is 0.333. The Morgan fingerprint density at radius 3 is 2.94 bits per heavy atom. The van der Waals surface area contributed by atoms with Crippen molar-refractivity contribution in [3.8, 4) is 0 Å². The lowest BCUT2D eigenvalue weighted by atomic mass is 10.2. The third kappa shape index (κ3) is 2.50. The third-order valence-corrected chi connectivity index (χ3v) is 3.42. The largest absolute Gasteiger partial charge is 0.396 e. The Hall–Kier alpha value is -1.33. The van der Waals surface area contributed by atoms with Crippen LogP contribution in [0.1, 0.15) is 5.82 Å². The monoisotopic (exact) mass is 250 g/mol. The van der Waals surface area contributed by atoms with E-state index in [1.54, 1.807) is 10.6 Å². The molecule has 0 aliphatic heterocycles. The van der Waals surface area contributed by atoms with E-state index in [1.165, 1.54) is 11.8 Å². The number of fused-ring (bicyclic) bond motifs is 1. The summed E-state index contributed by atoms with van der Waals surface area (Å²) in [7, 11) is 0. The molecule has 0 bridgehead atoms. The predicted octanol–water partition coefficient (Wildman–Crippen LogP) is 1.39. The summed E-state index contributed by atoms with van der Waals surface area (Å²) >= 11 is 1.52. The van der Waals surface area contributed by atoms with Gasteiger partial charge in [0.2, 0.25) is 0 Å². The second-order valence-corrected chi connectivity index (χ2v) is 4.74. The average Bonchev–Trinajstić information content (AvgIpc) is 2.33. The molecule has 0 saturated heterocycles. The first kappa shape index (κ1) is 12.1. The van der Waals surface area contributed by atoms with Gasteiger partial charge in [-0.05, 0) is 19.1 Å². The van der Waals surface area contributed by atoms with E-state index >= 15 is 0 Å². The van der Waals surface area contributed by atoms with Gasteiger partial charge >= 0.3 is 0 Å². The molecule has 0 atom stereocenters. The minimum Gasteiger partial charge on any atom is -0.396 e. The zero-order valence-corrected chi connectivity index (χ0v) is 10.4. The van der Waals surface area contributed by atoms with E-state index < -0.39 is 0 Å². The van der Waals surface area contributed by atoms with Gasteiger partial charge in [-0.15, -0.1) is 11.8 Å². The van der Waals surface area contributed by atoms with Crippen LogP contribution in [0.15, 0.2) is 29.1 Å². The minimum atomic E-state index is -0.0152. The number of rotatable bonds is 4. The number of nitrogens with zero attached hydrogens (tertiary/aromatic N) is 2. The van der Waals surface area contributed by atoms with Crippen molar-refractivity contribution in [3.63, 3.8) is 0 Å². The molecule has 2 rings (SSSR count). The fourth-order valence-corrected chi connectivity index (χ4v) is 2.40. The van der Waals surface area contributed by atoms with Gasteiger partial charge in [-0.2, -0.15) is 0 Å². The number of para-hydroxylation sites is 1. The summed E-state index contributed by atoms with van der Waals surface area (Å²) in [5.41, 5.74) is 0.719. The van der Waals surface area contributed by atoms with Crippen LogP contribution in [0.2, 0.25) is 0 Å². The number of aromatic nitrogens is 2. The maximum atomic E-state index is 12.2. The molecular weight excluding hydrogens is 236 g/mol. The maximum absolute atomic E-state index is 12.2. The van der Waals surface area contributed by atoms with E-state index in [0.717, 1.165) is 5.52 Å². The second-order valence-electron chi connectivity index (χ2n) is 3.67. The van der Waals surface area contributed by atoms with E-state index in [-0.39, 0.29) is 12.2 Å². The van der Waals surface area contributed by atoms with Crippen LogP contribution in [0.25, 0.3) is 10.9 Å². The van der Waals surface area contributed by atoms with Crippen LogP contribution in [-0.4, -0.2) is 27.0 Å². The molecule has 0 unspecified atom stereocenters. The summed E-state index contributed by atoms with van der Waals surface area (Å²) < 4.78 is 1.64. The maximum Gasteiger partial charge on any atom is 0.262 e. The van der Waals surface area contributed by atoms with Gasteiger partial charge in [-0.25, -0.2) is 4.98 Å². The Morgan fingerprint density at radius 2 is 2.18 bits per heavy atom. The lowest BCUT2D eigenvalue weighted by Gasteiger charge is -2.09. The quantitative estimate of drug-likeness (QED) is 0.833. The lowest BCUT2D eigenvalue weighted by Crippen LogP contribution is -2.23. The molecule has 1 N–H and O–H groups in total. The Labute approximate surface area is 103 Å². The van der Waals surface area contributed by atoms with Crippen LogP contribution < -0.4 is 5.56 Å². The molecule has 0 fully saturated rings. The SMILES string of the molecule is Cc1nc2ccccc2c(=O)n1CSCCO. The van der Waals surface area contributed by atoms with Crippen LogP contribution in [0, 0.1) is 6.92 Å². The Morgan fingerprint density at radius 1 is 1.41 bits per heavy atom. The fourth-order valence-electron chi connectivity index (χ4n) is 1.65. The lowest BCUT2D eigenvalue weighted by molar-refractivity contribution is 0.322. The summed E-state index contributed by atoms with van der Waals surface area (Å²) in [6.45, 7) is 1.95. The van der Waals surface area contributed by atoms with Gasteiger partial charge in [0.25, 0.3) is 5.56 Å². The predicted molar refractivity (Wildman–Crippen MR) is 70.3 cm³/mol. The highest BCUT2D eigenvalue weighted by atomic mass is 32.2. The zero-order chi connectivity index (χ0) is 12.3. The van der Waals surface area contributed by atoms with Gasteiger partial charge in [0.1, 0.15) is 5.82 Å². The Bertz CT molecular complexity index is 580. The number of hydrogen-bond donors (Lipinski definition) is 1. The van der Waals surface area contributed by atoms with Crippen molar-refractivity contribution < 1.29 is 5.11 Å². The van der Waals surface area contributed by atoms with Crippen molar-refractivity contribution in [3.05, 3.63) is 40.4 Å². The van der Waals surface area contributed by atoms with E-state index in [4.69, 9.17) is 5.11 Å². The number of aryl methyl sites for hydroxylation is 1. The molecule has 1 aromatic carbocycles. The second kappa shape index (κ2) is 5.33. The van der Waals surface area contributed by atoms with Gasteiger partial charge in [-0.3, -0.25) is 9.36 Å². The molecule has 0 saturated carbocycles. The van der Waals surface area contributed by atoms with Crippen molar-refractivity contribution in [1.29, 1.82) is 0 Å². The van der Waals surface area contributed by atoms with E-state index in [2.05, 4.69) is 4.98 Å². The normalized spacial score (nSPS) is 10.9. The summed E-state index contributed by atoms with van der Waals surface area (Å²) in [6, 6.07) is 7.34. The molecular formula is C12H14N2O2S. The Kier molecular flexibility index (Phi) is 3.81. The molecule has 1 aromatic heterocycles. The number of benzene rings is 1. The highest BCUT2D eigenvalue weighted by molar-refractivity contribution is 7.98. The standard InChI is InChI=1S/C12H14N2O2S/c1-9-13-11-5-3-2-4-10(11)12(16)14(9)8-17-7-6-15/h2-5,15H,6-8H2,1H3. The first-order chi connectivity index (χ1) is 8.24. The first-order valence-electron chi connectivity index (χ1n) is 5.39. The summed E-state index contributed by atoms with van der Waals surface area (Å²) in [5.74, 6) is 1.86. The third-order valence-electron chi connectivity index (χ3n) is 2.51. The van der Waals surface area contributed by atoms with E-state index in [0.29, 0.717) is 22.8 Å². The van der Waals surface area contributed by atoms with E-state index in [1.807, 2.05) is 25.1 Å². The molecule has 0 aliphatic carbocycles. The van der Waals surface area contributed by atoms with Crippen LogP contribution in [0.4, 0.5) is 0 Å². The van der Waals surface area contributed by atoms with Gasteiger partial charge in [0, 0.05) is 5.75 Å². The molecule has 90 valence electrons. The zero-order valence-electron chi connectivity index (χ0n) is 9.59. The molecule has 17 heavy (non-hydrogen) atoms. The van der Waals surface area contributed by atoms with Crippen molar-refractivity contribution in [2.75, 3.05) is 12.4 Å². The number of thioether (sulfide) groups is 1. The van der Waals surface area contributed by atoms with Gasteiger partial charge < -0.3 is 5.11 Å². The highest BCUT2D eigenvalue weighted by Gasteiger charge is 2.06. The Balaban J connectivity index is 2.45. The smallest absolute Gasteiger partial charge is 0.262 e. The molecule has 0 spiro atoms. The van der Waals surface area contributed by atoms with Crippen LogP contribution in [0.3, 0.4) is 0 Å². The van der Waals surface area contributed by atoms with Gasteiger partial charge in [0.15, 0.2) is 0 Å². The van der Waals surface area contributed by atoms with Crippen LogP contribution in [0.5, 0.6) is 0 Å². The summed E-state index contributed by atoms with van der Waals surface area (Å²) in [5, 5.41) is 9.37. The first-order valence-corrected chi connectivity index (χ1v) is 6.54. The van der Waals surface area contributed by atoms with Gasteiger partial charge in [-0.1, -0.05) is 12.1 Å². The van der Waals surface area contributed by atoms with Crippen molar-refractivity contribution >= 4 is 22.7 Å². The molecule has 4 nitrogen and oxygen atoms in total. The topological polar surface area (TPSA) is 55.1 Å². The summed E-state index contributed by atoms with van der Waals surface area (Å²) in [6.07, 6.45) is 0. The summed E-state index contributed by atoms with van der Waals surface area (Å²) in [4.78, 5) is 16.6. The van der Waals surface area contributed by atoms with Crippen LogP contribution >= 0.6 is 11.8 Å². The minimum absolute atomic E-state index is 0.0152. The average molecular weight is 250 g/mol. The van der Waals surface area contributed by atoms with Crippen molar-refractivity contribution in [2.24, 2.45) is 0 Å². The van der Waals surface area contributed by atoms with Crippen molar-refractivity contribution in [2.45, 2.75) is 12.8 Å². The number of hydrogen-bond acceptors (Lipinski definition) is 4. The molecule has 2 aromatic rings. The van der Waals surface area contributed by atoms with Crippen LogP contribution in [-0.2, 0) is 5.88 Å². The van der Waals surface area contributed by atoms with Crippen molar-refractivity contribution in [1.82, 2.24) is 9.55 Å². The van der Waals surface area contributed by atoms with E-state index in [9.17, 15) is 4.79 Å².